The van der Waals surface area contributed by atoms with Gasteiger partial charge in [-0.15, -0.1) is 0 Å². The van der Waals surface area contributed by atoms with Crippen LogP contribution in [0.3, 0.4) is 0 Å². The van der Waals surface area contributed by atoms with Gasteiger partial charge in [0.2, 0.25) is 0 Å². The van der Waals surface area contributed by atoms with E-state index >= 15 is 0 Å². The van der Waals surface area contributed by atoms with E-state index in [1.807, 2.05) is 24.3 Å². The van der Waals surface area contributed by atoms with Crippen molar-refractivity contribution in [2.45, 2.75) is 25.4 Å². The van der Waals surface area contributed by atoms with Gasteiger partial charge < -0.3 is 20.5 Å². The molecule has 5 heteroatoms. The number of hydrogen-bond donors (Lipinski definition) is 2. The van der Waals surface area contributed by atoms with Gasteiger partial charge in [0.25, 0.3) is 5.91 Å². The molecule has 104 valence electrons. The average Bonchev–Trinajstić information content (AvgIpc) is 2.46. The number of nitrogens with one attached hydrogen (secondary N) is 1. The molecule has 1 unspecified atom stereocenters. The molecule has 3 N–H and O–H groups in total. The molecule has 0 bridgehead atoms. The first-order chi connectivity index (χ1) is 9.29. The number of rotatable bonds is 5. The van der Waals surface area contributed by atoms with E-state index in [1.165, 1.54) is 0 Å². The van der Waals surface area contributed by atoms with Gasteiger partial charge in [0.1, 0.15) is 5.75 Å². The third-order valence-corrected chi connectivity index (χ3v) is 3.08. The quantitative estimate of drug-likeness (QED) is 0.825. The van der Waals surface area contributed by atoms with Crippen molar-refractivity contribution in [3.8, 4) is 5.75 Å². The van der Waals surface area contributed by atoms with Crippen molar-refractivity contribution < 1.29 is 14.3 Å². The fourth-order valence-corrected chi connectivity index (χ4v) is 2.08. The molecular formula is C14H20N2O3. The molecule has 2 rings (SSSR count). The fraction of sp³-hybridized carbons (Fsp3) is 0.500. The monoisotopic (exact) mass is 264 g/mol. The van der Waals surface area contributed by atoms with E-state index in [0.29, 0.717) is 18.9 Å². The van der Waals surface area contributed by atoms with Gasteiger partial charge in [-0.25, -0.2) is 0 Å². The number of nitrogens with two attached hydrogens (primary N) is 1. The van der Waals surface area contributed by atoms with Crippen LogP contribution < -0.4 is 15.8 Å². The largest absolute Gasteiger partial charge is 0.483 e. The molecule has 1 heterocycles. The lowest BCUT2D eigenvalue weighted by atomic mass is 10.1. The molecule has 1 aliphatic rings. The second kappa shape index (κ2) is 7.11. The summed E-state index contributed by atoms with van der Waals surface area (Å²) in [6.45, 7) is 1.78. The lowest BCUT2D eigenvalue weighted by Crippen LogP contribution is -2.42. The zero-order valence-electron chi connectivity index (χ0n) is 10.9. The first-order valence-corrected chi connectivity index (χ1v) is 6.57. The molecule has 0 radical (unpaired) electrons. The number of benzene rings is 1. The highest BCUT2D eigenvalue weighted by molar-refractivity contribution is 5.77. The molecule has 0 saturated carbocycles. The summed E-state index contributed by atoms with van der Waals surface area (Å²) >= 11 is 0. The molecular weight excluding hydrogens is 244 g/mol. The predicted octanol–water partition coefficient (Wildman–Crippen LogP) is 0.819. The summed E-state index contributed by atoms with van der Waals surface area (Å²) in [5.41, 5.74) is 6.51. The van der Waals surface area contributed by atoms with Crippen molar-refractivity contribution in [3.05, 3.63) is 29.8 Å². The van der Waals surface area contributed by atoms with Gasteiger partial charge in [0, 0.05) is 18.7 Å². The minimum Gasteiger partial charge on any atom is -0.483 e. The molecule has 1 saturated heterocycles. The van der Waals surface area contributed by atoms with Crippen molar-refractivity contribution in [1.82, 2.24) is 5.32 Å². The molecule has 0 aromatic heterocycles. The van der Waals surface area contributed by atoms with E-state index in [2.05, 4.69) is 5.32 Å². The summed E-state index contributed by atoms with van der Waals surface area (Å²) < 4.78 is 10.8. The Labute approximate surface area is 113 Å². The van der Waals surface area contributed by atoms with E-state index in [0.717, 1.165) is 25.0 Å². The molecule has 0 spiro atoms. The zero-order chi connectivity index (χ0) is 13.5. The van der Waals surface area contributed by atoms with E-state index in [-0.39, 0.29) is 18.6 Å². The number of carbonyl (C=O) groups is 1. The number of hydrogen-bond acceptors (Lipinski definition) is 4. The van der Waals surface area contributed by atoms with E-state index < -0.39 is 0 Å². The van der Waals surface area contributed by atoms with Crippen LogP contribution in [0.5, 0.6) is 5.75 Å². The third-order valence-electron chi connectivity index (χ3n) is 3.08. The molecule has 1 aromatic rings. The second-order valence-corrected chi connectivity index (χ2v) is 4.58. The normalized spacial score (nSPS) is 18.9. The Morgan fingerprint density at radius 3 is 3.05 bits per heavy atom. The van der Waals surface area contributed by atoms with Crippen LogP contribution in [0.2, 0.25) is 0 Å². The van der Waals surface area contributed by atoms with Crippen LogP contribution in [-0.4, -0.2) is 31.8 Å². The predicted molar refractivity (Wildman–Crippen MR) is 71.8 cm³/mol. The van der Waals surface area contributed by atoms with Gasteiger partial charge >= 0.3 is 0 Å². The lowest BCUT2D eigenvalue weighted by Gasteiger charge is -2.23. The average molecular weight is 264 g/mol. The summed E-state index contributed by atoms with van der Waals surface area (Å²) in [6.07, 6.45) is 1.95. The maximum atomic E-state index is 11.8. The van der Waals surface area contributed by atoms with Crippen LogP contribution >= 0.6 is 0 Å². The Hall–Kier alpha value is -1.59. The molecule has 5 nitrogen and oxygen atoms in total. The molecule has 1 atom stereocenters. The standard InChI is InChI=1S/C14H20N2O3/c15-8-11-4-1-2-6-13(11)19-10-14(17)16-12-5-3-7-18-9-12/h1-2,4,6,12H,3,5,7-10,15H2,(H,16,17). The SMILES string of the molecule is NCc1ccccc1OCC(=O)NC1CCCOC1. The van der Waals surface area contributed by atoms with Crippen molar-refractivity contribution in [3.63, 3.8) is 0 Å². The van der Waals surface area contributed by atoms with Crippen molar-refractivity contribution in [1.29, 1.82) is 0 Å². The van der Waals surface area contributed by atoms with Crippen LogP contribution in [0.4, 0.5) is 0 Å². The van der Waals surface area contributed by atoms with Gasteiger partial charge in [-0.05, 0) is 18.9 Å². The van der Waals surface area contributed by atoms with Gasteiger partial charge in [-0.1, -0.05) is 18.2 Å². The van der Waals surface area contributed by atoms with Gasteiger partial charge in [-0.2, -0.15) is 0 Å². The first-order valence-electron chi connectivity index (χ1n) is 6.57. The van der Waals surface area contributed by atoms with Crippen molar-refractivity contribution >= 4 is 5.91 Å². The number of carbonyl (C=O) groups excluding carboxylic acids is 1. The van der Waals surface area contributed by atoms with Crippen LogP contribution in [0.15, 0.2) is 24.3 Å². The minimum absolute atomic E-state index is 0.00745. The van der Waals surface area contributed by atoms with E-state index in [9.17, 15) is 4.79 Å². The van der Waals surface area contributed by atoms with Gasteiger partial charge in [-0.3, -0.25) is 4.79 Å². The topological polar surface area (TPSA) is 73.6 Å². The summed E-state index contributed by atoms with van der Waals surface area (Å²) in [5.74, 6) is 0.544. The number of amides is 1. The summed E-state index contributed by atoms with van der Waals surface area (Å²) in [5, 5.41) is 2.91. The summed E-state index contributed by atoms with van der Waals surface area (Å²) in [7, 11) is 0. The molecule has 19 heavy (non-hydrogen) atoms. The highest BCUT2D eigenvalue weighted by Crippen LogP contribution is 2.16. The Bertz CT molecular complexity index is 417. The Kier molecular flexibility index (Phi) is 5.18. The van der Waals surface area contributed by atoms with Crippen LogP contribution in [0, 0.1) is 0 Å². The lowest BCUT2D eigenvalue weighted by molar-refractivity contribution is -0.124. The fourth-order valence-electron chi connectivity index (χ4n) is 2.08. The molecule has 1 fully saturated rings. The van der Waals surface area contributed by atoms with Crippen LogP contribution in [0.1, 0.15) is 18.4 Å². The maximum absolute atomic E-state index is 11.8. The van der Waals surface area contributed by atoms with Crippen LogP contribution in [0.25, 0.3) is 0 Å². The second-order valence-electron chi connectivity index (χ2n) is 4.58. The third kappa shape index (κ3) is 4.22. The van der Waals surface area contributed by atoms with Crippen molar-refractivity contribution in [2.75, 3.05) is 19.8 Å². The molecule has 1 amide bonds. The number of ether oxygens (including phenoxy) is 2. The van der Waals surface area contributed by atoms with Gasteiger partial charge in [0.05, 0.1) is 12.6 Å². The number of para-hydroxylation sites is 1. The van der Waals surface area contributed by atoms with Crippen molar-refractivity contribution in [2.24, 2.45) is 5.73 Å². The Morgan fingerprint density at radius 1 is 1.47 bits per heavy atom. The van der Waals surface area contributed by atoms with Gasteiger partial charge in [0.15, 0.2) is 6.61 Å². The zero-order valence-corrected chi connectivity index (χ0v) is 10.9. The van der Waals surface area contributed by atoms with E-state index in [4.69, 9.17) is 15.2 Å². The first kappa shape index (κ1) is 13.8. The summed E-state index contributed by atoms with van der Waals surface area (Å²) in [6, 6.07) is 7.58. The smallest absolute Gasteiger partial charge is 0.258 e. The highest BCUT2D eigenvalue weighted by atomic mass is 16.5. The maximum Gasteiger partial charge on any atom is 0.258 e. The molecule has 1 aliphatic heterocycles. The summed E-state index contributed by atoms with van der Waals surface area (Å²) in [4.78, 5) is 11.8. The Balaban J connectivity index is 1.79. The van der Waals surface area contributed by atoms with E-state index in [1.54, 1.807) is 0 Å². The Morgan fingerprint density at radius 2 is 2.32 bits per heavy atom. The molecule has 0 aliphatic carbocycles. The molecule has 1 aromatic carbocycles. The van der Waals surface area contributed by atoms with Crippen LogP contribution in [-0.2, 0) is 16.1 Å². The highest BCUT2D eigenvalue weighted by Gasteiger charge is 2.16. The minimum atomic E-state index is -0.123.